The van der Waals surface area contributed by atoms with Crippen molar-refractivity contribution in [3.05, 3.63) is 11.8 Å². The average Bonchev–Trinajstić information content (AvgIpc) is 2.65. The molecule has 2 amide bonds. The fraction of sp³-hybridized carbons (Fsp3) is 0.667. The van der Waals surface area contributed by atoms with Crippen molar-refractivity contribution < 1.29 is 9.53 Å². The first-order chi connectivity index (χ1) is 8.44. The summed E-state index contributed by atoms with van der Waals surface area (Å²) >= 11 is 0. The summed E-state index contributed by atoms with van der Waals surface area (Å²) < 4.78 is 6.82. The third kappa shape index (κ3) is 2.27. The summed E-state index contributed by atoms with van der Waals surface area (Å²) in [6, 6.07) is -0.0304. The van der Waals surface area contributed by atoms with Crippen LogP contribution in [0.5, 0.6) is 5.88 Å². The molecule has 1 aliphatic heterocycles. The van der Waals surface area contributed by atoms with Crippen molar-refractivity contribution in [1.82, 2.24) is 20.0 Å². The van der Waals surface area contributed by atoms with Crippen LogP contribution in [-0.4, -0.2) is 39.9 Å². The lowest BCUT2D eigenvalue weighted by molar-refractivity contribution is 0.0531. The molecule has 0 unspecified atom stereocenters. The summed E-state index contributed by atoms with van der Waals surface area (Å²) in [5, 5.41) is 7.04. The van der Waals surface area contributed by atoms with E-state index in [0.717, 1.165) is 18.5 Å². The predicted molar refractivity (Wildman–Crippen MR) is 67.4 cm³/mol. The standard InChI is InChI=1S/C12H20N4O2/c1-12(2)5-6-16(12)11(17)13-7-9-8-15(3)14-10(9)18-4/h8H,5-7H2,1-4H3,(H,13,17). The number of hydrogen-bond donors (Lipinski definition) is 1. The van der Waals surface area contributed by atoms with Crippen molar-refractivity contribution >= 4 is 6.03 Å². The van der Waals surface area contributed by atoms with Crippen molar-refractivity contribution in [3.63, 3.8) is 0 Å². The van der Waals surface area contributed by atoms with Crippen LogP contribution in [0.15, 0.2) is 6.20 Å². The van der Waals surface area contributed by atoms with Gasteiger partial charge < -0.3 is 15.0 Å². The molecule has 0 spiro atoms. The molecule has 100 valence electrons. The van der Waals surface area contributed by atoms with Crippen LogP contribution in [0.2, 0.25) is 0 Å². The molecule has 1 aliphatic rings. The Morgan fingerprint density at radius 1 is 1.61 bits per heavy atom. The third-order valence-electron chi connectivity index (χ3n) is 3.41. The second-order valence-corrected chi connectivity index (χ2v) is 5.21. The van der Waals surface area contributed by atoms with Crippen LogP contribution in [0.3, 0.4) is 0 Å². The van der Waals surface area contributed by atoms with Gasteiger partial charge in [0.2, 0.25) is 5.88 Å². The van der Waals surface area contributed by atoms with E-state index in [2.05, 4.69) is 24.3 Å². The van der Waals surface area contributed by atoms with Crippen molar-refractivity contribution in [2.75, 3.05) is 13.7 Å². The van der Waals surface area contributed by atoms with Gasteiger partial charge in [-0.15, -0.1) is 5.10 Å². The van der Waals surface area contributed by atoms with Crippen LogP contribution in [0.1, 0.15) is 25.8 Å². The number of aromatic nitrogens is 2. The summed E-state index contributed by atoms with van der Waals surface area (Å²) in [5.74, 6) is 0.556. The molecule has 6 nitrogen and oxygen atoms in total. The van der Waals surface area contributed by atoms with Crippen LogP contribution in [0.25, 0.3) is 0 Å². The molecule has 0 bridgehead atoms. The number of urea groups is 1. The number of rotatable bonds is 3. The smallest absolute Gasteiger partial charge is 0.318 e. The quantitative estimate of drug-likeness (QED) is 0.877. The molecule has 1 fully saturated rings. The van der Waals surface area contributed by atoms with Crippen LogP contribution < -0.4 is 10.1 Å². The summed E-state index contributed by atoms with van der Waals surface area (Å²) in [6.07, 6.45) is 2.90. The summed E-state index contributed by atoms with van der Waals surface area (Å²) in [6.45, 7) is 5.40. The van der Waals surface area contributed by atoms with Gasteiger partial charge in [-0.1, -0.05) is 0 Å². The molecule has 0 aromatic carbocycles. The molecule has 0 radical (unpaired) electrons. The van der Waals surface area contributed by atoms with E-state index in [1.807, 2.05) is 18.1 Å². The fourth-order valence-corrected chi connectivity index (χ4v) is 2.12. The van der Waals surface area contributed by atoms with E-state index in [0.29, 0.717) is 12.4 Å². The molecule has 2 rings (SSSR count). The number of hydrogen-bond acceptors (Lipinski definition) is 3. The maximum atomic E-state index is 12.0. The fourth-order valence-electron chi connectivity index (χ4n) is 2.12. The summed E-state index contributed by atoms with van der Waals surface area (Å²) in [7, 11) is 3.40. The molecule has 0 saturated carbocycles. The Hall–Kier alpha value is -1.72. The second kappa shape index (κ2) is 4.51. The zero-order valence-corrected chi connectivity index (χ0v) is 11.4. The Kier molecular flexibility index (Phi) is 3.19. The van der Waals surface area contributed by atoms with Gasteiger partial charge in [-0.05, 0) is 20.3 Å². The number of carbonyl (C=O) groups is 1. The number of nitrogens with one attached hydrogen (secondary N) is 1. The molecule has 1 aromatic heterocycles. The van der Waals surface area contributed by atoms with Crippen molar-refractivity contribution in [1.29, 1.82) is 0 Å². The number of nitrogens with zero attached hydrogens (tertiary/aromatic N) is 3. The Bertz CT molecular complexity index is 453. The first-order valence-corrected chi connectivity index (χ1v) is 6.06. The van der Waals surface area contributed by atoms with E-state index in [1.54, 1.807) is 11.8 Å². The van der Waals surface area contributed by atoms with E-state index in [9.17, 15) is 4.79 Å². The SMILES string of the molecule is COc1nn(C)cc1CNC(=O)N1CCC1(C)C. The number of ether oxygens (including phenoxy) is 1. The van der Waals surface area contributed by atoms with Gasteiger partial charge in [0, 0.05) is 25.3 Å². The van der Waals surface area contributed by atoms with Gasteiger partial charge in [0.05, 0.1) is 19.2 Å². The van der Waals surface area contributed by atoms with E-state index >= 15 is 0 Å². The number of carbonyl (C=O) groups excluding carboxylic acids is 1. The number of methoxy groups -OCH3 is 1. The first kappa shape index (κ1) is 12.7. The highest BCUT2D eigenvalue weighted by Crippen LogP contribution is 2.29. The van der Waals surface area contributed by atoms with Gasteiger partial charge in [-0.3, -0.25) is 4.68 Å². The van der Waals surface area contributed by atoms with Crippen molar-refractivity contribution in [2.45, 2.75) is 32.4 Å². The summed E-state index contributed by atoms with van der Waals surface area (Å²) in [5.41, 5.74) is 0.856. The third-order valence-corrected chi connectivity index (χ3v) is 3.41. The number of likely N-dealkylation sites (tertiary alicyclic amines) is 1. The molecule has 0 aliphatic carbocycles. The van der Waals surface area contributed by atoms with Crippen molar-refractivity contribution in [3.8, 4) is 5.88 Å². The molecule has 1 N–H and O–H groups in total. The van der Waals surface area contributed by atoms with Crippen molar-refractivity contribution in [2.24, 2.45) is 7.05 Å². The van der Waals surface area contributed by atoms with Crippen LogP contribution >= 0.6 is 0 Å². The van der Waals surface area contributed by atoms with Crippen LogP contribution in [-0.2, 0) is 13.6 Å². The van der Waals surface area contributed by atoms with Gasteiger partial charge in [-0.2, -0.15) is 0 Å². The minimum absolute atomic E-state index is 0.0247. The maximum Gasteiger partial charge on any atom is 0.318 e. The van der Waals surface area contributed by atoms with E-state index in [4.69, 9.17) is 4.74 Å². The first-order valence-electron chi connectivity index (χ1n) is 6.06. The normalized spacial score (nSPS) is 17.2. The molecule has 18 heavy (non-hydrogen) atoms. The minimum Gasteiger partial charge on any atom is -0.480 e. The number of amides is 2. The van der Waals surface area contributed by atoms with E-state index in [-0.39, 0.29) is 11.6 Å². The van der Waals surface area contributed by atoms with Crippen LogP contribution in [0, 0.1) is 0 Å². The Morgan fingerprint density at radius 3 is 2.83 bits per heavy atom. The number of aryl methyl sites for hydroxylation is 1. The Labute approximate surface area is 107 Å². The molecule has 1 saturated heterocycles. The minimum atomic E-state index is -0.0304. The highest BCUT2D eigenvalue weighted by Gasteiger charge is 2.39. The van der Waals surface area contributed by atoms with Gasteiger partial charge in [-0.25, -0.2) is 4.79 Å². The van der Waals surface area contributed by atoms with Crippen LogP contribution in [0.4, 0.5) is 4.79 Å². The highest BCUT2D eigenvalue weighted by atomic mass is 16.5. The maximum absolute atomic E-state index is 12.0. The lowest BCUT2D eigenvalue weighted by Gasteiger charge is -2.48. The predicted octanol–water partition coefficient (Wildman–Crippen LogP) is 1.12. The van der Waals surface area contributed by atoms with Gasteiger partial charge in [0.15, 0.2) is 0 Å². The highest BCUT2D eigenvalue weighted by molar-refractivity contribution is 5.76. The molecule has 2 heterocycles. The summed E-state index contributed by atoms with van der Waals surface area (Å²) in [4.78, 5) is 13.8. The lowest BCUT2D eigenvalue weighted by Crippen LogP contribution is -2.61. The average molecular weight is 252 g/mol. The zero-order valence-electron chi connectivity index (χ0n) is 11.4. The Balaban J connectivity index is 1.93. The Morgan fingerprint density at radius 2 is 2.33 bits per heavy atom. The second-order valence-electron chi connectivity index (χ2n) is 5.21. The molecular weight excluding hydrogens is 232 g/mol. The molecule has 0 atom stereocenters. The van der Waals surface area contributed by atoms with Gasteiger partial charge in [0.25, 0.3) is 0 Å². The van der Waals surface area contributed by atoms with Gasteiger partial charge >= 0.3 is 6.03 Å². The van der Waals surface area contributed by atoms with Gasteiger partial charge in [0.1, 0.15) is 0 Å². The zero-order chi connectivity index (χ0) is 13.3. The topological polar surface area (TPSA) is 59.4 Å². The monoisotopic (exact) mass is 252 g/mol. The molecule has 1 aromatic rings. The molecule has 6 heteroatoms. The largest absolute Gasteiger partial charge is 0.480 e. The van der Waals surface area contributed by atoms with E-state index in [1.165, 1.54) is 0 Å². The molecular formula is C12H20N4O2. The van der Waals surface area contributed by atoms with E-state index < -0.39 is 0 Å². The lowest BCUT2D eigenvalue weighted by atomic mass is 9.89.